The summed E-state index contributed by atoms with van der Waals surface area (Å²) in [6.45, 7) is 2.60. The number of anilines is 1. The minimum atomic E-state index is 0.666. The highest BCUT2D eigenvalue weighted by Crippen LogP contribution is 2.25. The lowest BCUT2D eigenvalue weighted by Crippen LogP contribution is -2.33. The van der Waals surface area contributed by atoms with Gasteiger partial charge in [0.2, 0.25) is 0 Å². The summed E-state index contributed by atoms with van der Waals surface area (Å²) in [5.41, 5.74) is 2.37. The molecule has 0 aromatic carbocycles. The van der Waals surface area contributed by atoms with Gasteiger partial charge in [0.25, 0.3) is 0 Å². The average Bonchev–Trinajstić information content (AvgIpc) is 2.78. The normalized spacial score (nSPS) is 15.0. The number of aromatic nitrogens is 4. The van der Waals surface area contributed by atoms with Crippen molar-refractivity contribution in [2.45, 2.75) is 19.5 Å². The van der Waals surface area contributed by atoms with E-state index in [9.17, 15) is 0 Å². The summed E-state index contributed by atoms with van der Waals surface area (Å²) in [5.74, 6) is 1.98. The maximum absolute atomic E-state index is 6.05. The Hall–Kier alpha value is -1.66. The van der Waals surface area contributed by atoms with Gasteiger partial charge >= 0.3 is 0 Å². The monoisotopic (exact) mass is 306 g/mol. The predicted molar refractivity (Wildman–Crippen MR) is 82.4 cm³/mol. The molecule has 0 amide bonds. The zero-order chi connectivity index (χ0) is 15.0. The number of fused-ring (bicyclic) bond motifs is 1. The molecule has 0 aliphatic carbocycles. The quantitative estimate of drug-likeness (QED) is 0.860. The second-order valence-corrected chi connectivity index (χ2v) is 5.92. The third-order valence-electron chi connectivity index (χ3n) is 3.87. The summed E-state index contributed by atoms with van der Waals surface area (Å²) in [6.07, 6.45) is 4.29. The molecule has 0 unspecified atom stereocenters. The van der Waals surface area contributed by atoms with Crippen LogP contribution in [0.5, 0.6) is 0 Å². The Morgan fingerprint density at radius 2 is 2.10 bits per heavy atom. The molecule has 0 fully saturated rings. The van der Waals surface area contributed by atoms with Gasteiger partial charge in [0.05, 0.1) is 18.4 Å². The van der Waals surface area contributed by atoms with Crippen LogP contribution in [0.1, 0.15) is 17.1 Å². The summed E-state index contributed by atoms with van der Waals surface area (Å²) < 4.78 is 1.92. The summed E-state index contributed by atoms with van der Waals surface area (Å²) in [4.78, 5) is 17.6. The summed E-state index contributed by atoms with van der Waals surface area (Å²) in [5, 5.41) is 0.666. The maximum Gasteiger partial charge on any atom is 0.136 e. The number of rotatable bonds is 3. The zero-order valence-corrected chi connectivity index (χ0v) is 13.3. The van der Waals surface area contributed by atoms with Crippen molar-refractivity contribution < 1.29 is 0 Å². The van der Waals surface area contributed by atoms with Crippen LogP contribution in [-0.4, -0.2) is 45.1 Å². The molecule has 0 bridgehead atoms. The van der Waals surface area contributed by atoms with Gasteiger partial charge in [0.1, 0.15) is 23.1 Å². The van der Waals surface area contributed by atoms with Crippen molar-refractivity contribution in [2.75, 3.05) is 25.5 Å². The van der Waals surface area contributed by atoms with E-state index in [-0.39, 0.29) is 0 Å². The molecule has 3 rings (SSSR count). The molecule has 1 aliphatic heterocycles. The Bertz CT molecular complexity index is 651. The smallest absolute Gasteiger partial charge is 0.136 e. The fraction of sp³-hybridized carbons (Fsp3) is 0.500. The second kappa shape index (κ2) is 5.61. The Morgan fingerprint density at radius 3 is 2.76 bits per heavy atom. The summed E-state index contributed by atoms with van der Waals surface area (Å²) in [6, 6.07) is 0. The second-order valence-electron chi connectivity index (χ2n) is 5.53. The first kappa shape index (κ1) is 14.3. The van der Waals surface area contributed by atoms with E-state index in [1.807, 2.05) is 30.6 Å². The van der Waals surface area contributed by atoms with E-state index in [1.165, 1.54) is 5.56 Å². The van der Waals surface area contributed by atoms with Gasteiger partial charge in [-0.05, 0) is 0 Å². The van der Waals surface area contributed by atoms with Gasteiger partial charge in [-0.2, -0.15) is 0 Å². The number of imidazole rings is 1. The van der Waals surface area contributed by atoms with Crippen molar-refractivity contribution in [3.05, 3.63) is 34.8 Å². The number of halogens is 1. The highest BCUT2D eigenvalue weighted by molar-refractivity contribution is 6.29. The van der Waals surface area contributed by atoms with Crippen LogP contribution < -0.4 is 4.90 Å². The molecular weight excluding hydrogens is 288 g/mol. The van der Waals surface area contributed by atoms with E-state index in [2.05, 4.69) is 19.9 Å². The molecule has 0 saturated heterocycles. The molecule has 6 nitrogen and oxygen atoms in total. The van der Waals surface area contributed by atoms with Crippen molar-refractivity contribution in [1.29, 1.82) is 0 Å². The zero-order valence-electron chi connectivity index (χ0n) is 12.5. The molecule has 0 radical (unpaired) electrons. The topological polar surface area (TPSA) is 50.1 Å². The molecular formula is C14H19ClN6. The average molecular weight is 307 g/mol. The predicted octanol–water partition coefficient (Wildman–Crippen LogP) is 1.49. The first-order chi connectivity index (χ1) is 10.1. The minimum Gasteiger partial charge on any atom is -0.362 e. The molecule has 0 saturated carbocycles. The van der Waals surface area contributed by atoms with Gasteiger partial charge in [-0.3, -0.25) is 4.90 Å². The van der Waals surface area contributed by atoms with Crippen molar-refractivity contribution in [3.63, 3.8) is 0 Å². The Balaban J connectivity index is 1.82. The number of hydrogen-bond donors (Lipinski definition) is 0. The molecule has 1 aliphatic rings. The van der Waals surface area contributed by atoms with E-state index in [0.717, 1.165) is 43.4 Å². The molecule has 2 aromatic rings. The number of nitrogens with zero attached hydrogens (tertiary/aromatic N) is 6. The minimum absolute atomic E-state index is 0.666. The third kappa shape index (κ3) is 2.73. The van der Waals surface area contributed by atoms with E-state index in [1.54, 1.807) is 12.5 Å². The molecule has 0 atom stereocenters. The standard InChI is InChI=1S/C14H19ClN6/c1-19(2)14-10-7-21(5-4-11(10)17-9-18-14)8-13-16-6-12(15)20(13)3/h6,9H,4-5,7-8H2,1-3H3. The lowest BCUT2D eigenvalue weighted by molar-refractivity contribution is 0.235. The maximum atomic E-state index is 6.05. The van der Waals surface area contributed by atoms with Gasteiger partial charge < -0.3 is 9.47 Å². The van der Waals surface area contributed by atoms with E-state index in [4.69, 9.17) is 11.6 Å². The Morgan fingerprint density at radius 1 is 1.29 bits per heavy atom. The lowest BCUT2D eigenvalue weighted by Gasteiger charge is -2.30. The number of hydrogen-bond acceptors (Lipinski definition) is 5. The highest BCUT2D eigenvalue weighted by Gasteiger charge is 2.22. The molecule has 112 valence electrons. The molecule has 3 heterocycles. The van der Waals surface area contributed by atoms with E-state index in [0.29, 0.717) is 5.15 Å². The molecule has 0 spiro atoms. The first-order valence-electron chi connectivity index (χ1n) is 6.94. The van der Waals surface area contributed by atoms with Gasteiger partial charge in [0.15, 0.2) is 0 Å². The van der Waals surface area contributed by atoms with Crippen LogP contribution in [0.3, 0.4) is 0 Å². The fourth-order valence-electron chi connectivity index (χ4n) is 2.67. The Kier molecular flexibility index (Phi) is 3.82. The van der Waals surface area contributed by atoms with Crippen LogP contribution in [0, 0.1) is 0 Å². The van der Waals surface area contributed by atoms with Crippen molar-refractivity contribution in [1.82, 2.24) is 24.4 Å². The highest BCUT2D eigenvalue weighted by atomic mass is 35.5. The largest absolute Gasteiger partial charge is 0.362 e. The SMILES string of the molecule is CN(C)c1ncnc2c1CN(Cc1ncc(Cl)n1C)CC2. The fourth-order valence-corrected chi connectivity index (χ4v) is 2.82. The van der Waals surface area contributed by atoms with Crippen molar-refractivity contribution in [2.24, 2.45) is 7.05 Å². The van der Waals surface area contributed by atoms with Crippen molar-refractivity contribution >= 4 is 17.4 Å². The summed E-state index contributed by atoms with van der Waals surface area (Å²) in [7, 11) is 5.97. The van der Waals surface area contributed by atoms with E-state index >= 15 is 0 Å². The van der Waals surface area contributed by atoms with Crippen LogP contribution in [-0.2, 0) is 26.6 Å². The van der Waals surface area contributed by atoms with Crippen LogP contribution in [0.15, 0.2) is 12.5 Å². The van der Waals surface area contributed by atoms with Gasteiger partial charge in [-0.25, -0.2) is 15.0 Å². The Labute approximate surface area is 129 Å². The van der Waals surface area contributed by atoms with Gasteiger partial charge in [0, 0.05) is 46.2 Å². The molecule has 21 heavy (non-hydrogen) atoms. The molecule has 0 N–H and O–H groups in total. The van der Waals surface area contributed by atoms with Crippen LogP contribution in [0.4, 0.5) is 5.82 Å². The van der Waals surface area contributed by atoms with Gasteiger partial charge in [-0.15, -0.1) is 0 Å². The molecule has 7 heteroatoms. The van der Waals surface area contributed by atoms with Gasteiger partial charge in [-0.1, -0.05) is 11.6 Å². The molecule has 2 aromatic heterocycles. The first-order valence-corrected chi connectivity index (χ1v) is 7.32. The lowest BCUT2D eigenvalue weighted by atomic mass is 10.1. The third-order valence-corrected chi connectivity index (χ3v) is 4.23. The van der Waals surface area contributed by atoms with Crippen LogP contribution >= 0.6 is 11.6 Å². The van der Waals surface area contributed by atoms with Crippen LogP contribution in [0.2, 0.25) is 5.15 Å². The van der Waals surface area contributed by atoms with Crippen molar-refractivity contribution in [3.8, 4) is 0 Å². The summed E-state index contributed by atoms with van der Waals surface area (Å²) >= 11 is 6.05. The van der Waals surface area contributed by atoms with E-state index < -0.39 is 0 Å². The van der Waals surface area contributed by atoms with Crippen LogP contribution in [0.25, 0.3) is 0 Å².